The van der Waals surface area contributed by atoms with E-state index in [0.29, 0.717) is 12.1 Å². The van der Waals surface area contributed by atoms with Gasteiger partial charge in [-0.15, -0.1) is 0 Å². The van der Waals surface area contributed by atoms with Gasteiger partial charge in [0, 0.05) is 30.9 Å². The molecule has 0 atom stereocenters. The van der Waals surface area contributed by atoms with Gasteiger partial charge in [-0.25, -0.2) is 9.37 Å². The number of H-pyrrole nitrogens is 1. The lowest BCUT2D eigenvalue weighted by molar-refractivity contribution is 0.0953. The Morgan fingerprint density at radius 2 is 2.32 bits per heavy atom. The second-order valence-electron chi connectivity index (χ2n) is 4.02. The van der Waals surface area contributed by atoms with Crippen molar-refractivity contribution in [1.29, 1.82) is 0 Å². The Balaban J connectivity index is 1.79. The van der Waals surface area contributed by atoms with E-state index in [9.17, 15) is 9.18 Å². The second-order valence-corrected chi connectivity index (χ2v) is 4.88. The van der Waals surface area contributed by atoms with Gasteiger partial charge in [0.1, 0.15) is 11.6 Å². The summed E-state index contributed by atoms with van der Waals surface area (Å²) in [6.07, 6.45) is 5.04. The molecule has 2 aromatic rings. The maximum atomic E-state index is 13.0. The van der Waals surface area contributed by atoms with E-state index < -0.39 is 0 Å². The molecule has 0 aliphatic rings. The summed E-state index contributed by atoms with van der Waals surface area (Å²) in [4.78, 5) is 18.9. The molecule has 0 saturated carbocycles. The molecule has 19 heavy (non-hydrogen) atoms. The number of carbonyl (C=O) groups is 1. The van der Waals surface area contributed by atoms with Gasteiger partial charge >= 0.3 is 0 Å². The Kier molecular flexibility index (Phi) is 4.68. The van der Waals surface area contributed by atoms with E-state index in [1.54, 1.807) is 12.4 Å². The van der Waals surface area contributed by atoms with Crippen molar-refractivity contribution in [2.75, 3.05) is 6.54 Å². The summed E-state index contributed by atoms with van der Waals surface area (Å²) in [6.45, 7) is 0.550. The number of imidazole rings is 1. The van der Waals surface area contributed by atoms with Gasteiger partial charge in [0.05, 0.1) is 4.47 Å². The van der Waals surface area contributed by atoms with Gasteiger partial charge in [-0.1, -0.05) is 0 Å². The number of amides is 1. The fraction of sp³-hybridized carbons (Fsp3) is 0.231. The van der Waals surface area contributed by atoms with Crippen LogP contribution >= 0.6 is 15.9 Å². The van der Waals surface area contributed by atoms with Crippen LogP contribution in [-0.2, 0) is 6.42 Å². The van der Waals surface area contributed by atoms with Crippen molar-refractivity contribution in [2.45, 2.75) is 12.8 Å². The molecule has 1 aromatic carbocycles. The van der Waals surface area contributed by atoms with Gasteiger partial charge in [-0.3, -0.25) is 4.79 Å². The minimum atomic E-state index is -0.380. The molecule has 1 heterocycles. The summed E-state index contributed by atoms with van der Waals surface area (Å²) in [6, 6.07) is 4.20. The summed E-state index contributed by atoms with van der Waals surface area (Å²) in [5.41, 5.74) is 0.436. The Hall–Kier alpha value is -1.69. The number of aromatic nitrogens is 2. The number of benzene rings is 1. The lowest BCUT2D eigenvalue weighted by Crippen LogP contribution is -2.24. The van der Waals surface area contributed by atoms with Crippen molar-refractivity contribution in [1.82, 2.24) is 15.3 Å². The van der Waals surface area contributed by atoms with E-state index in [0.717, 1.165) is 18.7 Å². The lowest BCUT2D eigenvalue weighted by Gasteiger charge is -2.05. The Labute approximate surface area is 118 Å². The smallest absolute Gasteiger partial charge is 0.251 e. The SMILES string of the molecule is O=C(NCCCc1ncc[nH]1)c1ccc(F)c(Br)c1. The van der Waals surface area contributed by atoms with Crippen molar-refractivity contribution < 1.29 is 9.18 Å². The largest absolute Gasteiger partial charge is 0.352 e. The molecule has 6 heteroatoms. The van der Waals surface area contributed by atoms with Gasteiger partial charge in [-0.05, 0) is 40.5 Å². The zero-order valence-electron chi connectivity index (χ0n) is 10.1. The van der Waals surface area contributed by atoms with Crippen LogP contribution in [0.25, 0.3) is 0 Å². The van der Waals surface area contributed by atoms with Crippen LogP contribution < -0.4 is 5.32 Å². The molecule has 0 radical (unpaired) electrons. The highest BCUT2D eigenvalue weighted by Gasteiger charge is 2.07. The topological polar surface area (TPSA) is 57.8 Å². The van der Waals surface area contributed by atoms with Crippen LogP contribution in [0.2, 0.25) is 0 Å². The molecule has 0 fully saturated rings. The highest BCUT2D eigenvalue weighted by atomic mass is 79.9. The summed E-state index contributed by atoms with van der Waals surface area (Å²) < 4.78 is 13.3. The van der Waals surface area contributed by atoms with Gasteiger partial charge in [-0.2, -0.15) is 0 Å². The van der Waals surface area contributed by atoms with E-state index in [1.807, 2.05) is 0 Å². The van der Waals surface area contributed by atoms with E-state index in [2.05, 4.69) is 31.2 Å². The molecule has 0 aliphatic heterocycles. The van der Waals surface area contributed by atoms with E-state index >= 15 is 0 Å². The van der Waals surface area contributed by atoms with Crippen LogP contribution in [0.5, 0.6) is 0 Å². The first kappa shape index (κ1) is 13.7. The molecule has 2 rings (SSSR count). The van der Waals surface area contributed by atoms with Crippen molar-refractivity contribution in [3.05, 3.63) is 52.3 Å². The van der Waals surface area contributed by atoms with Gasteiger partial charge < -0.3 is 10.3 Å². The minimum absolute atomic E-state index is 0.208. The predicted octanol–water partition coefficient (Wildman–Crippen LogP) is 2.67. The Bertz CT molecular complexity index is 557. The van der Waals surface area contributed by atoms with Crippen molar-refractivity contribution in [2.24, 2.45) is 0 Å². The molecule has 0 unspecified atom stereocenters. The molecule has 2 N–H and O–H groups in total. The van der Waals surface area contributed by atoms with E-state index in [-0.39, 0.29) is 16.2 Å². The number of aryl methyl sites for hydroxylation is 1. The number of carbonyl (C=O) groups excluding carboxylic acids is 1. The van der Waals surface area contributed by atoms with Crippen LogP contribution in [0.1, 0.15) is 22.6 Å². The highest BCUT2D eigenvalue weighted by Crippen LogP contribution is 2.16. The Morgan fingerprint density at radius 3 is 3.00 bits per heavy atom. The number of nitrogens with zero attached hydrogens (tertiary/aromatic N) is 1. The first-order valence-corrected chi connectivity index (χ1v) is 6.67. The maximum Gasteiger partial charge on any atom is 0.251 e. The Morgan fingerprint density at radius 1 is 1.47 bits per heavy atom. The number of rotatable bonds is 5. The van der Waals surface area contributed by atoms with E-state index in [4.69, 9.17) is 0 Å². The summed E-state index contributed by atoms with van der Waals surface area (Å²) in [5.74, 6) is 0.313. The van der Waals surface area contributed by atoms with Gasteiger partial charge in [0.2, 0.25) is 0 Å². The zero-order chi connectivity index (χ0) is 13.7. The lowest BCUT2D eigenvalue weighted by atomic mass is 10.2. The minimum Gasteiger partial charge on any atom is -0.352 e. The van der Waals surface area contributed by atoms with Crippen molar-refractivity contribution in [3.63, 3.8) is 0 Å². The zero-order valence-corrected chi connectivity index (χ0v) is 11.7. The average molecular weight is 326 g/mol. The maximum absolute atomic E-state index is 13.0. The molecule has 0 saturated heterocycles. The molecule has 0 spiro atoms. The first-order valence-electron chi connectivity index (χ1n) is 5.88. The molecule has 100 valence electrons. The third-order valence-electron chi connectivity index (χ3n) is 2.61. The number of halogens is 2. The van der Waals surface area contributed by atoms with Crippen LogP contribution in [0.4, 0.5) is 4.39 Å². The number of hydrogen-bond donors (Lipinski definition) is 2. The fourth-order valence-electron chi connectivity index (χ4n) is 1.63. The summed E-state index contributed by atoms with van der Waals surface area (Å²) >= 11 is 3.05. The van der Waals surface area contributed by atoms with Crippen LogP contribution in [0.15, 0.2) is 35.1 Å². The first-order chi connectivity index (χ1) is 9.16. The number of aromatic amines is 1. The number of hydrogen-bond acceptors (Lipinski definition) is 2. The van der Waals surface area contributed by atoms with E-state index in [1.165, 1.54) is 18.2 Å². The fourth-order valence-corrected chi connectivity index (χ4v) is 2.01. The summed E-state index contributed by atoms with van der Waals surface area (Å²) in [5, 5.41) is 2.78. The average Bonchev–Trinajstić information content (AvgIpc) is 2.91. The quantitative estimate of drug-likeness (QED) is 0.830. The van der Waals surface area contributed by atoms with Crippen LogP contribution in [0, 0.1) is 5.82 Å². The third-order valence-corrected chi connectivity index (χ3v) is 3.22. The molecule has 1 amide bonds. The molecule has 0 aliphatic carbocycles. The van der Waals surface area contributed by atoms with Crippen LogP contribution in [0.3, 0.4) is 0 Å². The standard InChI is InChI=1S/C13H13BrFN3O/c14-10-8-9(3-4-11(10)15)13(19)18-5-1-2-12-16-6-7-17-12/h3-4,6-8H,1-2,5H2,(H,16,17)(H,18,19). The third kappa shape index (κ3) is 3.89. The molecule has 1 aromatic heterocycles. The molecule has 4 nitrogen and oxygen atoms in total. The monoisotopic (exact) mass is 325 g/mol. The van der Waals surface area contributed by atoms with Gasteiger partial charge in [0.15, 0.2) is 0 Å². The summed E-state index contributed by atoms with van der Waals surface area (Å²) in [7, 11) is 0. The highest BCUT2D eigenvalue weighted by molar-refractivity contribution is 9.10. The molecular weight excluding hydrogens is 313 g/mol. The van der Waals surface area contributed by atoms with Gasteiger partial charge in [0.25, 0.3) is 5.91 Å². The van der Waals surface area contributed by atoms with Crippen molar-refractivity contribution >= 4 is 21.8 Å². The molecule has 0 bridgehead atoms. The van der Waals surface area contributed by atoms with Crippen LogP contribution in [-0.4, -0.2) is 22.4 Å². The second kappa shape index (κ2) is 6.47. The predicted molar refractivity (Wildman–Crippen MR) is 73.3 cm³/mol. The number of nitrogens with one attached hydrogen (secondary N) is 2. The molecular formula is C13H13BrFN3O. The van der Waals surface area contributed by atoms with Crippen molar-refractivity contribution in [3.8, 4) is 0 Å². The normalized spacial score (nSPS) is 10.4.